The van der Waals surface area contributed by atoms with E-state index in [2.05, 4.69) is 32.3 Å². The molecule has 0 radical (unpaired) electrons. The van der Waals surface area contributed by atoms with Crippen molar-refractivity contribution in [3.05, 3.63) is 77.0 Å². The number of rotatable bonds is 4. The molecule has 116 valence electrons. The Morgan fingerprint density at radius 3 is 2.62 bits per heavy atom. The summed E-state index contributed by atoms with van der Waals surface area (Å²) in [6, 6.07) is 17.3. The summed E-state index contributed by atoms with van der Waals surface area (Å²) in [5, 5.41) is 4.74. The lowest BCUT2D eigenvalue weighted by Crippen LogP contribution is -1.83. The normalized spacial score (nSPS) is 11.3. The Morgan fingerprint density at radius 2 is 1.79 bits per heavy atom. The first-order chi connectivity index (χ1) is 11.8. The first kappa shape index (κ1) is 14.1. The van der Waals surface area contributed by atoms with Crippen LogP contribution in [0.2, 0.25) is 0 Å². The fraction of sp³-hybridized carbons (Fsp3) is 0. The number of benzene rings is 2. The number of aromatic nitrogens is 2. The Bertz CT molecular complexity index is 1050. The zero-order valence-electron chi connectivity index (χ0n) is 12.6. The summed E-state index contributed by atoms with van der Waals surface area (Å²) in [7, 11) is 0. The van der Waals surface area contributed by atoms with Gasteiger partial charge in [-0.2, -0.15) is 0 Å². The van der Waals surface area contributed by atoms with E-state index in [4.69, 9.17) is 0 Å². The van der Waals surface area contributed by atoms with Gasteiger partial charge >= 0.3 is 0 Å². The summed E-state index contributed by atoms with van der Waals surface area (Å²) in [5.41, 5.74) is 3.96. The van der Waals surface area contributed by atoms with Gasteiger partial charge in [-0.25, -0.2) is 0 Å². The predicted octanol–water partition coefficient (Wildman–Crippen LogP) is 4.95. The SMILES string of the molecule is O=NOc1ccc(C=Cc2nccc3c2[nH]c2ccccc23)cc1. The predicted molar refractivity (Wildman–Crippen MR) is 95.4 cm³/mol. The zero-order chi connectivity index (χ0) is 16.4. The quantitative estimate of drug-likeness (QED) is 0.428. The Kier molecular flexibility index (Phi) is 3.51. The van der Waals surface area contributed by atoms with Gasteiger partial charge in [-0.05, 0) is 35.9 Å². The van der Waals surface area contributed by atoms with E-state index in [1.165, 1.54) is 5.39 Å². The molecule has 24 heavy (non-hydrogen) atoms. The van der Waals surface area contributed by atoms with Crippen molar-refractivity contribution in [3.8, 4) is 5.75 Å². The van der Waals surface area contributed by atoms with Crippen LogP contribution in [0.3, 0.4) is 0 Å². The fourth-order valence-electron chi connectivity index (χ4n) is 2.78. The van der Waals surface area contributed by atoms with Gasteiger partial charge in [0, 0.05) is 22.5 Å². The van der Waals surface area contributed by atoms with E-state index in [1.807, 2.05) is 48.7 Å². The van der Waals surface area contributed by atoms with Crippen LogP contribution in [-0.2, 0) is 0 Å². The van der Waals surface area contributed by atoms with Gasteiger partial charge in [0.15, 0.2) is 11.1 Å². The van der Waals surface area contributed by atoms with Gasteiger partial charge in [0.25, 0.3) is 0 Å². The molecule has 0 amide bonds. The highest BCUT2D eigenvalue weighted by atomic mass is 16.7. The molecule has 4 aromatic rings. The summed E-state index contributed by atoms with van der Waals surface area (Å²) in [6.45, 7) is 0. The Balaban J connectivity index is 1.72. The smallest absolute Gasteiger partial charge is 0.161 e. The minimum atomic E-state index is 0.415. The molecule has 5 nitrogen and oxygen atoms in total. The third-order valence-corrected chi connectivity index (χ3v) is 3.91. The second-order valence-corrected chi connectivity index (χ2v) is 5.36. The number of nitrogens with one attached hydrogen (secondary N) is 1. The molecule has 0 fully saturated rings. The van der Waals surface area contributed by atoms with Crippen LogP contribution < -0.4 is 4.84 Å². The van der Waals surface area contributed by atoms with E-state index >= 15 is 0 Å². The average molecular weight is 315 g/mol. The number of H-pyrrole nitrogens is 1. The number of fused-ring (bicyclic) bond motifs is 3. The molecule has 0 aliphatic carbocycles. The maximum atomic E-state index is 10.1. The van der Waals surface area contributed by atoms with Crippen LogP contribution >= 0.6 is 0 Å². The number of para-hydroxylation sites is 1. The molecule has 0 aliphatic heterocycles. The maximum Gasteiger partial charge on any atom is 0.161 e. The molecule has 0 saturated carbocycles. The zero-order valence-corrected chi connectivity index (χ0v) is 12.6. The monoisotopic (exact) mass is 315 g/mol. The van der Waals surface area contributed by atoms with Crippen molar-refractivity contribution in [3.63, 3.8) is 0 Å². The van der Waals surface area contributed by atoms with Gasteiger partial charge in [-0.1, -0.05) is 36.4 Å². The number of hydrogen-bond acceptors (Lipinski definition) is 4. The molecule has 0 unspecified atom stereocenters. The molecule has 0 saturated heterocycles. The Labute approximate surface area is 137 Å². The molecule has 2 aromatic heterocycles. The lowest BCUT2D eigenvalue weighted by atomic mass is 10.1. The number of aromatic amines is 1. The number of nitrogens with zero attached hydrogens (tertiary/aromatic N) is 2. The molecule has 0 bridgehead atoms. The van der Waals surface area contributed by atoms with E-state index in [0.717, 1.165) is 27.7 Å². The van der Waals surface area contributed by atoms with Crippen LogP contribution in [0.25, 0.3) is 34.0 Å². The minimum Gasteiger partial charge on any atom is -0.353 e. The molecule has 4 rings (SSSR count). The van der Waals surface area contributed by atoms with E-state index in [0.29, 0.717) is 5.75 Å². The van der Waals surface area contributed by atoms with Crippen LogP contribution in [0.15, 0.2) is 66.1 Å². The molecule has 2 heterocycles. The Hall–Kier alpha value is -3.47. The fourth-order valence-corrected chi connectivity index (χ4v) is 2.78. The highest BCUT2D eigenvalue weighted by molar-refractivity contribution is 6.09. The maximum absolute atomic E-state index is 10.1. The van der Waals surface area contributed by atoms with Crippen molar-refractivity contribution < 1.29 is 4.84 Å². The highest BCUT2D eigenvalue weighted by Gasteiger charge is 2.06. The van der Waals surface area contributed by atoms with Gasteiger partial charge < -0.3 is 9.82 Å². The molecule has 0 aliphatic rings. The average Bonchev–Trinajstić information content (AvgIpc) is 3.01. The second kappa shape index (κ2) is 5.96. The number of hydrogen-bond donors (Lipinski definition) is 1. The van der Waals surface area contributed by atoms with Crippen LogP contribution in [-0.4, -0.2) is 9.97 Å². The molecule has 2 aromatic carbocycles. The Morgan fingerprint density at radius 1 is 0.958 bits per heavy atom. The van der Waals surface area contributed by atoms with Crippen molar-refractivity contribution in [1.29, 1.82) is 0 Å². The van der Waals surface area contributed by atoms with Crippen molar-refractivity contribution in [2.24, 2.45) is 5.34 Å². The van der Waals surface area contributed by atoms with Crippen molar-refractivity contribution >= 4 is 34.0 Å². The van der Waals surface area contributed by atoms with Crippen LogP contribution in [0.4, 0.5) is 0 Å². The first-order valence-electron chi connectivity index (χ1n) is 7.48. The molecule has 5 heteroatoms. The summed E-state index contributed by atoms with van der Waals surface area (Å²) >= 11 is 0. The first-order valence-corrected chi connectivity index (χ1v) is 7.48. The van der Waals surface area contributed by atoms with E-state index in [9.17, 15) is 4.91 Å². The van der Waals surface area contributed by atoms with E-state index in [-0.39, 0.29) is 0 Å². The third-order valence-electron chi connectivity index (χ3n) is 3.91. The van der Waals surface area contributed by atoms with Gasteiger partial charge in [-0.15, -0.1) is 4.91 Å². The molecular formula is C19H13N3O2. The van der Waals surface area contributed by atoms with Gasteiger partial charge in [0.2, 0.25) is 0 Å². The standard InChI is InChI=1S/C19H13N3O2/c23-22-24-14-8-5-13(6-9-14)7-10-18-19-16(11-12-20-18)15-3-1-2-4-17(15)21-19/h1-12,21H. The van der Waals surface area contributed by atoms with Crippen molar-refractivity contribution in [1.82, 2.24) is 9.97 Å². The van der Waals surface area contributed by atoms with Crippen molar-refractivity contribution in [2.75, 3.05) is 0 Å². The van der Waals surface area contributed by atoms with Crippen LogP contribution in [0.1, 0.15) is 11.3 Å². The van der Waals surface area contributed by atoms with Crippen LogP contribution in [0, 0.1) is 4.91 Å². The largest absolute Gasteiger partial charge is 0.353 e. The van der Waals surface area contributed by atoms with Gasteiger partial charge in [0.1, 0.15) is 0 Å². The molecule has 1 N–H and O–H groups in total. The lowest BCUT2D eigenvalue weighted by molar-refractivity contribution is 0.335. The van der Waals surface area contributed by atoms with E-state index in [1.54, 1.807) is 12.1 Å². The highest BCUT2D eigenvalue weighted by Crippen LogP contribution is 2.27. The third kappa shape index (κ3) is 2.52. The summed E-state index contributed by atoms with van der Waals surface area (Å²) in [5.74, 6) is 0.415. The summed E-state index contributed by atoms with van der Waals surface area (Å²) in [4.78, 5) is 22.5. The van der Waals surface area contributed by atoms with Crippen molar-refractivity contribution in [2.45, 2.75) is 0 Å². The van der Waals surface area contributed by atoms with Gasteiger partial charge in [0.05, 0.1) is 11.2 Å². The number of pyridine rings is 1. The molecule has 0 atom stereocenters. The molecule has 0 spiro atoms. The topological polar surface area (TPSA) is 67.3 Å². The second-order valence-electron chi connectivity index (χ2n) is 5.36. The molecular weight excluding hydrogens is 302 g/mol. The summed E-state index contributed by atoms with van der Waals surface area (Å²) < 4.78 is 0. The van der Waals surface area contributed by atoms with Crippen LogP contribution in [0.5, 0.6) is 5.75 Å². The minimum absolute atomic E-state index is 0.415. The summed E-state index contributed by atoms with van der Waals surface area (Å²) in [6.07, 6.45) is 5.74. The lowest BCUT2D eigenvalue weighted by Gasteiger charge is -1.98. The van der Waals surface area contributed by atoms with E-state index < -0.39 is 0 Å². The van der Waals surface area contributed by atoms with Gasteiger partial charge in [-0.3, -0.25) is 4.98 Å².